The molecule has 96 valence electrons. The molecule has 6 nitrogen and oxygen atoms in total. The van der Waals surface area contributed by atoms with E-state index in [0.29, 0.717) is 30.3 Å². The molecule has 2 rings (SSSR count). The quantitative estimate of drug-likeness (QED) is 0.762. The van der Waals surface area contributed by atoms with Gasteiger partial charge in [0.2, 0.25) is 0 Å². The summed E-state index contributed by atoms with van der Waals surface area (Å²) in [6, 6.07) is 4.99. The van der Waals surface area contributed by atoms with Gasteiger partial charge in [0.05, 0.1) is 5.56 Å². The second-order valence-corrected chi connectivity index (χ2v) is 3.78. The molecule has 0 unspecified atom stereocenters. The molecule has 0 spiro atoms. The molecule has 2 N–H and O–H groups in total. The van der Waals surface area contributed by atoms with Crippen LogP contribution < -0.4 is 5.32 Å². The summed E-state index contributed by atoms with van der Waals surface area (Å²) in [6.07, 6.45) is 0.843. The minimum atomic E-state index is -0.983. The SMILES string of the molecule is COCCCNc1nc2ccc(C(=O)O)cc2o1. The number of carbonyl (C=O) groups is 1. The molecule has 0 fully saturated rings. The number of aromatic carboxylic acids is 1. The van der Waals surface area contributed by atoms with Crippen LogP contribution in [-0.4, -0.2) is 36.3 Å². The summed E-state index contributed by atoms with van der Waals surface area (Å²) in [6.45, 7) is 1.35. The van der Waals surface area contributed by atoms with Gasteiger partial charge in [0, 0.05) is 20.3 Å². The first-order valence-corrected chi connectivity index (χ1v) is 5.57. The average molecular weight is 250 g/mol. The van der Waals surface area contributed by atoms with Gasteiger partial charge in [-0.15, -0.1) is 0 Å². The van der Waals surface area contributed by atoms with E-state index in [4.69, 9.17) is 14.3 Å². The molecule has 0 aliphatic carbocycles. The Balaban J connectivity index is 2.09. The van der Waals surface area contributed by atoms with Crippen LogP contribution in [0.4, 0.5) is 6.01 Å². The number of carboxylic acids is 1. The van der Waals surface area contributed by atoms with Crippen LogP contribution in [0, 0.1) is 0 Å². The second-order valence-electron chi connectivity index (χ2n) is 3.78. The molecule has 0 saturated heterocycles. The lowest BCUT2D eigenvalue weighted by atomic mass is 10.2. The van der Waals surface area contributed by atoms with Crippen molar-refractivity contribution in [2.24, 2.45) is 0 Å². The summed E-state index contributed by atoms with van der Waals surface area (Å²) in [4.78, 5) is 15.0. The molecule has 0 aliphatic rings. The number of methoxy groups -OCH3 is 1. The van der Waals surface area contributed by atoms with Crippen molar-refractivity contribution in [1.82, 2.24) is 4.98 Å². The third kappa shape index (κ3) is 2.78. The van der Waals surface area contributed by atoms with Crippen LogP contribution in [0.3, 0.4) is 0 Å². The van der Waals surface area contributed by atoms with E-state index in [0.717, 1.165) is 6.42 Å². The third-order valence-corrected chi connectivity index (χ3v) is 2.44. The fraction of sp³-hybridized carbons (Fsp3) is 0.333. The fourth-order valence-corrected chi connectivity index (χ4v) is 1.55. The van der Waals surface area contributed by atoms with E-state index in [-0.39, 0.29) is 5.56 Å². The first-order valence-electron chi connectivity index (χ1n) is 5.57. The number of fused-ring (bicyclic) bond motifs is 1. The Kier molecular flexibility index (Phi) is 3.78. The molecule has 1 aromatic carbocycles. The minimum absolute atomic E-state index is 0.185. The normalized spacial score (nSPS) is 10.7. The summed E-state index contributed by atoms with van der Waals surface area (Å²) < 4.78 is 10.3. The van der Waals surface area contributed by atoms with E-state index in [9.17, 15) is 4.79 Å². The highest BCUT2D eigenvalue weighted by Gasteiger charge is 2.09. The van der Waals surface area contributed by atoms with Gasteiger partial charge in [-0.3, -0.25) is 0 Å². The fourth-order valence-electron chi connectivity index (χ4n) is 1.55. The van der Waals surface area contributed by atoms with Crippen molar-refractivity contribution in [3.05, 3.63) is 23.8 Å². The van der Waals surface area contributed by atoms with E-state index in [2.05, 4.69) is 10.3 Å². The maximum absolute atomic E-state index is 10.8. The highest BCUT2D eigenvalue weighted by Crippen LogP contribution is 2.20. The van der Waals surface area contributed by atoms with Gasteiger partial charge in [-0.1, -0.05) is 0 Å². The van der Waals surface area contributed by atoms with Crippen LogP contribution >= 0.6 is 0 Å². The van der Waals surface area contributed by atoms with Gasteiger partial charge in [0.15, 0.2) is 5.58 Å². The first-order chi connectivity index (χ1) is 8.70. The number of rotatable bonds is 6. The number of ether oxygens (including phenoxy) is 1. The Hall–Kier alpha value is -2.08. The first kappa shape index (κ1) is 12.4. The van der Waals surface area contributed by atoms with Crippen molar-refractivity contribution >= 4 is 23.1 Å². The zero-order valence-electron chi connectivity index (χ0n) is 9.97. The topological polar surface area (TPSA) is 84.6 Å². The molecule has 6 heteroatoms. The van der Waals surface area contributed by atoms with Gasteiger partial charge in [0.25, 0.3) is 6.01 Å². The van der Waals surface area contributed by atoms with E-state index in [1.165, 1.54) is 12.1 Å². The summed E-state index contributed by atoms with van der Waals surface area (Å²) >= 11 is 0. The van der Waals surface area contributed by atoms with Crippen LogP contribution in [0.2, 0.25) is 0 Å². The molecule has 0 radical (unpaired) electrons. The van der Waals surface area contributed by atoms with Crippen molar-refractivity contribution < 1.29 is 19.1 Å². The number of hydrogen-bond acceptors (Lipinski definition) is 5. The number of aromatic nitrogens is 1. The standard InChI is InChI=1S/C12H14N2O4/c1-17-6-2-5-13-12-14-9-4-3-8(11(15)16)7-10(9)18-12/h3-4,7H,2,5-6H2,1H3,(H,13,14)(H,15,16). The molecular formula is C12H14N2O4. The molecule has 1 heterocycles. The monoisotopic (exact) mass is 250 g/mol. The predicted molar refractivity (Wildman–Crippen MR) is 66.0 cm³/mol. The molecule has 0 saturated carbocycles. The molecule has 0 bridgehead atoms. The number of hydrogen-bond donors (Lipinski definition) is 2. The summed E-state index contributed by atoms with van der Waals surface area (Å²) in [7, 11) is 1.65. The van der Waals surface area contributed by atoms with Crippen LogP contribution in [-0.2, 0) is 4.74 Å². The molecule has 1 aromatic heterocycles. The number of benzene rings is 1. The van der Waals surface area contributed by atoms with Crippen LogP contribution in [0.5, 0.6) is 0 Å². The van der Waals surface area contributed by atoms with E-state index in [1.54, 1.807) is 13.2 Å². The van der Waals surface area contributed by atoms with Crippen molar-refractivity contribution in [3.63, 3.8) is 0 Å². The number of anilines is 1. The van der Waals surface area contributed by atoms with Crippen molar-refractivity contribution in [1.29, 1.82) is 0 Å². The van der Waals surface area contributed by atoms with Crippen LogP contribution in [0.1, 0.15) is 16.8 Å². The second kappa shape index (κ2) is 5.50. The van der Waals surface area contributed by atoms with Gasteiger partial charge < -0.3 is 19.6 Å². The van der Waals surface area contributed by atoms with E-state index >= 15 is 0 Å². The Bertz CT molecular complexity index is 550. The average Bonchev–Trinajstić information content (AvgIpc) is 2.76. The van der Waals surface area contributed by atoms with Gasteiger partial charge in [-0.2, -0.15) is 4.98 Å². The molecule has 18 heavy (non-hydrogen) atoms. The Morgan fingerprint density at radius 3 is 3.11 bits per heavy atom. The lowest BCUT2D eigenvalue weighted by Gasteiger charge is -1.99. The highest BCUT2D eigenvalue weighted by molar-refractivity contribution is 5.92. The Labute approximate surface area is 104 Å². The molecule has 2 aromatic rings. The van der Waals surface area contributed by atoms with Gasteiger partial charge >= 0.3 is 5.97 Å². The molecule has 0 atom stereocenters. The Morgan fingerprint density at radius 1 is 1.56 bits per heavy atom. The van der Waals surface area contributed by atoms with Gasteiger partial charge in [0.1, 0.15) is 5.52 Å². The maximum Gasteiger partial charge on any atom is 0.335 e. The Morgan fingerprint density at radius 2 is 2.39 bits per heavy atom. The van der Waals surface area contributed by atoms with Crippen molar-refractivity contribution in [2.75, 3.05) is 25.6 Å². The zero-order valence-corrected chi connectivity index (χ0v) is 9.97. The van der Waals surface area contributed by atoms with Gasteiger partial charge in [-0.05, 0) is 24.6 Å². The van der Waals surface area contributed by atoms with E-state index < -0.39 is 5.97 Å². The number of nitrogens with one attached hydrogen (secondary N) is 1. The van der Waals surface area contributed by atoms with E-state index in [1.807, 2.05) is 0 Å². The molecular weight excluding hydrogens is 236 g/mol. The maximum atomic E-state index is 10.8. The number of oxazole rings is 1. The smallest absolute Gasteiger partial charge is 0.335 e. The zero-order chi connectivity index (χ0) is 13.0. The van der Waals surface area contributed by atoms with Gasteiger partial charge in [-0.25, -0.2) is 4.79 Å². The van der Waals surface area contributed by atoms with Crippen LogP contribution in [0.15, 0.2) is 22.6 Å². The van der Waals surface area contributed by atoms with Crippen molar-refractivity contribution in [2.45, 2.75) is 6.42 Å². The molecule has 0 amide bonds. The minimum Gasteiger partial charge on any atom is -0.478 e. The lowest BCUT2D eigenvalue weighted by molar-refractivity contribution is 0.0697. The lowest BCUT2D eigenvalue weighted by Crippen LogP contribution is -2.04. The number of carboxylic acid groups (broad SMARTS) is 1. The highest BCUT2D eigenvalue weighted by atomic mass is 16.5. The summed E-state index contributed by atoms with van der Waals surface area (Å²) in [5.74, 6) is -0.983. The van der Waals surface area contributed by atoms with Crippen molar-refractivity contribution in [3.8, 4) is 0 Å². The summed E-state index contributed by atoms with van der Waals surface area (Å²) in [5, 5.41) is 11.9. The predicted octanol–water partition coefficient (Wildman–Crippen LogP) is 1.97. The molecule has 0 aliphatic heterocycles. The largest absolute Gasteiger partial charge is 0.478 e. The summed E-state index contributed by atoms with van der Waals surface area (Å²) in [5.41, 5.74) is 1.28. The van der Waals surface area contributed by atoms with Crippen LogP contribution in [0.25, 0.3) is 11.1 Å². The third-order valence-electron chi connectivity index (χ3n) is 2.44. The number of nitrogens with zero attached hydrogens (tertiary/aromatic N) is 1.